The van der Waals surface area contributed by atoms with Gasteiger partial charge in [0.15, 0.2) is 28.9 Å². The maximum Gasteiger partial charge on any atom is 0.433 e. The quantitative estimate of drug-likeness (QED) is 0.187. The topological polar surface area (TPSA) is 117 Å². The molecule has 234 valence electrons. The summed E-state index contributed by atoms with van der Waals surface area (Å²) in [5.41, 5.74) is 0.719. The van der Waals surface area contributed by atoms with Crippen molar-refractivity contribution in [1.82, 2.24) is 9.99 Å². The predicted octanol–water partition coefficient (Wildman–Crippen LogP) is 5.55. The van der Waals surface area contributed by atoms with Crippen LogP contribution in [0, 0.1) is 21.3 Å². The molecular formula is C31H24ClF3IN3O6. The van der Waals surface area contributed by atoms with Crippen LogP contribution >= 0.6 is 34.2 Å². The highest BCUT2D eigenvalue weighted by atomic mass is 127. The first-order chi connectivity index (χ1) is 21.1. The third-order valence-corrected chi connectivity index (χ3v) is 9.98. The molecule has 3 aliphatic carbocycles. The van der Waals surface area contributed by atoms with Crippen molar-refractivity contribution in [3.8, 4) is 11.5 Å². The van der Waals surface area contributed by atoms with Crippen LogP contribution in [0.4, 0.5) is 19.0 Å². The van der Waals surface area contributed by atoms with E-state index in [4.69, 9.17) is 16.3 Å². The number of pyridine rings is 1. The van der Waals surface area contributed by atoms with Gasteiger partial charge in [-0.3, -0.25) is 24.2 Å². The number of hydrogen-bond acceptors (Lipinski definition) is 8. The monoisotopic (exact) mass is 753 g/mol. The second kappa shape index (κ2) is 11.0. The Labute approximate surface area is 273 Å². The summed E-state index contributed by atoms with van der Waals surface area (Å²) in [6, 6.07) is 4.95. The van der Waals surface area contributed by atoms with Crippen molar-refractivity contribution in [3.05, 3.63) is 78.6 Å². The minimum absolute atomic E-state index is 0.0139. The van der Waals surface area contributed by atoms with Gasteiger partial charge in [-0.25, -0.2) is 4.98 Å². The largest absolute Gasteiger partial charge is 0.504 e. The number of benzene rings is 1. The van der Waals surface area contributed by atoms with Gasteiger partial charge >= 0.3 is 6.18 Å². The van der Waals surface area contributed by atoms with E-state index in [2.05, 4.69) is 4.98 Å². The van der Waals surface area contributed by atoms with Crippen molar-refractivity contribution in [1.29, 1.82) is 0 Å². The maximum absolute atomic E-state index is 14.1. The number of ketones is 2. The summed E-state index contributed by atoms with van der Waals surface area (Å²) in [5, 5.41) is 12.0. The van der Waals surface area contributed by atoms with Crippen molar-refractivity contribution in [2.45, 2.75) is 31.9 Å². The molecule has 1 aromatic heterocycles. The summed E-state index contributed by atoms with van der Waals surface area (Å²) in [4.78, 5) is 58.5. The summed E-state index contributed by atoms with van der Waals surface area (Å²) in [6.07, 6.45) is -1.58. The number of methoxy groups -OCH3 is 1. The van der Waals surface area contributed by atoms with Crippen molar-refractivity contribution < 1.29 is 42.2 Å². The lowest BCUT2D eigenvalue weighted by molar-refractivity contribution is -0.141. The molecule has 0 unspecified atom stereocenters. The van der Waals surface area contributed by atoms with Gasteiger partial charge in [-0.2, -0.15) is 18.2 Å². The Balaban J connectivity index is 1.45. The average molecular weight is 754 g/mol. The third kappa shape index (κ3) is 4.85. The van der Waals surface area contributed by atoms with Crippen molar-refractivity contribution in [2.24, 2.45) is 17.8 Å². The average Bonchev–Trinajstić information content (AvgIpc) is 3.24. The molecule has 1 fully saturated rings. The number of Topliss-reactive ketones (excluding diaryl/α,β-unsaturated/α-hetero) is 1. The fourth-order valence-corrected chi connectivity index (χ4v) is 7.72. The zero-order valence-electron chi connectivity index (χ0n) is 23.9. The predicted molar refractivity (Wildman–Crippen MR) is 163 cm³/mol. The standard InChI is InChI=1S/C31H24ClF3IN3O6/c1-12-8-20(40)25-17(26(12)41)11-16-14(23(25)13-9-19(36)27(42)21(10-13)45-3)4-5-15-24(16)30(44)39(29(15)43)38(2)28-18(32)6-7-22(37-28)31(33,34)35/h4,6-10,15-16,23-24,42H,5,11H2,1-3H3/t15-,16+,23-,24-/m0/s1. The van der Waals surface area contributed by atoms with Crippen molar-refractivity contribution in [3.63, 3.8) is 0 Å². The molecule has 2 amide bonds. The molecule has 0 radical (unpaired) electrons. The summed E-state index contributed by atoms with van der Waals surface area (Å²) in [7, 11) is 2.62. The fraction of sp³-hybridized carbons (Fsp3) is 0.323. The SMILES string of the molecule is COc1cc([C@H]2C3=CC[C@@H]4C(=O)N(N(C)c5nc(C(F)(F)F)ccc5Cl)C(=O)[C@@H]4[C@@H]3CC3=C2C(=O)C=C(C)C3=O)cc(I)c1O. The number of halogens is 5. The molecule has 1 saturated heterocycles. The number of carbonyl (C=O) groups is 4. The van der Waals surface area contributed by atoms with Crippen LogP contribution in [0.1, 0.15) is 36.9 Å². The molecule has 14 heteroatoms. The Kier molecular flexibility index (Phi) is 7.62. The lowest BCUT2D eigenvalue weighted by Crippen LogP contribution is -2.46. The summed E-state index contributed by atoms with van der Waals surface area (Å²) >= 11 is 8.12. The number of alkyl halides is 3. The number of aromatic nitrogens is 1. The number of aromatic hydroxyl groups is 1. The Morgan fingerprint density at radius 2 is 1.84 bits per heavy atom. The second-order valence-corrected chi connectivity index (χ2v) is 12.9. The van der Waals surface area contributed by atoms with E-state index in [0.29, 0.717) is 20.8 Å². The molecule has 0 saturated carbocycles. The molecule has 1 aromatic carbocycles. The van der Waals surface area contributed by atoms with E-state index in [9.17, 15) is 37.5 Å². The van der Waals surface area contributed by atoms with E-state index >= 15 is 0 Å². The second-order valence-electron chi connectivity index (χ2n) is 11.3. The van der Waals surface area contributed by atoms with Gasteiger partial charge in [0.25, 0.3) is 11.8 Å². The number of ether oxygens (including phenoxy) is 1. The molecule has 1 N–H and O–H groups in total. The first-order valence-corrected chi connectivity index (χ1v) is 15.2. The van der Waals surface area contributed by atoms with Gasteiger partial charge in [0, 0.05) is 29.7 Å². The normalized spacial score (nSPS) is 24.7. The van der Waals surface area contributed by atoms with Gasteiger partial charge in [0.2, 0.25) is 0 Å². The summed E-state index contributed by atoms with van der Waals surface area (Å²) in [5.74, 6) is -5.70. The minimum Gasteiger partial charge on any atom is -0.504 e. The molecule has 9 nitrogen and oxygen atoms in total. The van der Waals surface area contributed by atoms with E-state index in [1.807, 2.05) is 22.6 Å². The number of phenols is 1. The number of allylic oxidation sites excluding steroid dienone is 6. The minimum atomic E-state index is -4.79. The number of phenolic OH excluding ortho intramolecular Hbond substituents is 1. The smallest absolute Gasteiger partial charge is 0.433 e. The lowest BCUT2D eigenvalue weighted by Gasteiger charge is -2.42. The number of amides is 2. The number of rotatable bonds is 4. The van der Waals surface area contributed by atoms with Crippen LogP contribution in [0.15, 0.2) is 58.7 Å². The Bertz CT molecular complexity index is 1820. The van der Waals surface area contributed by atoms with E-state index in [1.54, 1.807) is 18.2 Å². The summed E-state index contributed by atoms with van der Waals surface area (Å²) < 4.78 is 46.2. The van der Waals surface area contributed by atoms with E-state index in [0.717, 1.165) is 16.1 Å². The van der Waals surface area contributed by atoms with Crippen LogP contribution in [0.25, 0.3) is 0 Å². The molecule has 6 rings (SSSR count). The van der Waals surface area contributed by atoms with E-state index in [1.165, 1.54) is 27.2 Å². The number of carbonyl (C=O) groups excluding carboxylic acids is 4. The highest BCUT2D eigenvalue weighted by Gasteiger charge is 2.57. The molecule has 0 spiro atoms. The molecule has 2 aromatic rings. The number of fused-ring (bicyclic) bond motifs is 3. The van der Waals surface area contributed by atoms with Gasteiger partial charge in [0.1, 0.15) is 5.69 Å². The van der Waals surface area contributed by atoms with Crippen LogP contribution in [0.3, 0.4) is 0 Å². The van der Waals surface area contributed by atoms with E-state index in [-0.39, 0.29) is 57.6 Å². The van der Waals surface area contributed by atoms with Crippen molar-refractivity contribution >= 4 is 63.4 Å². The first kappa shape index (κ1) is 31.3. The van der Waals surface area contributed by atoms with Crippen LogP contribution < -0.4 is 9.75 Å². The highest BCUT2D eigenvalue weighted by molar-refractivity contribution is 14.1. The first-order valence-electron chi connectivity index (χ1n) is 13.8. The molecule has 45 heavy (non-hydrogen) atoms. The Morgan fingerprint density at radius 1 is 1.13 bits per heavy atom. The maximum atomic E-state index is 14.1. The van der Waals surface area contributed by atoms with Crippen LogP contribution in [-0.2, 0) is 25.4 Å². The van der Waals surface area contributed by atoms with Crippen molar-refractivity contribution in [2.75, 3.05) is 19.2 Å². The lowest BCUT2D eigenvalue weighted by atomic mass is 9.59. The van der Waals surface area contributed by atoms with Crippen LogP contribution in [-0.4, -0.2) is 52.6 Å². The molecule has 0 bridgehead atoms. The van der Waals surface area contributed by atoms with Gasteiger partial charge in [-0.1, -0.05) is 23.3 Å². The fourth-order valence-electron chi connectivity index (χ4n) is 6.87. The molecule has 4 aliphatic rings. The summed E-state index contributed by atoms with van der Waals surface area (Å²) in [6.45, 7) is 1.54. The van der Waals surface area contributed by atoms with Gasteiger partial charge < -0.3 is 9.84 Å². The molecule has 1 aliphatic heterocycles. The van der Waals surface area contributed by atoms with Gasteiger partial charge in [-0.15, -0.1) is 0 Å². The number of hydrogen-bond donors (Lipinski definition) is 1. The Hall–Kier alpha value is -3.72. The van der Waals surface area contributed by atoms with Crippen LogP contribution in [0.2, 0.25) is 5.02 Å². The molecule has 4 atom stereocenters. The molecular weight excluding hydrogens is 730 g/mol. The van der Waals surface area contributed by atoms with Gasteiger partial charge in [0.05, 0.1) is 27.5 Å². The number of anilines is 1. The Morgan fingerprint density at radius 3 is 2.51 bits per heavy atom. The number of imide groups is 1. The van der Waals surface area contributed by atoms with Crippen LogP contribution in [0.5, 0.6) is 11.5 Å². The number of nitrogens with zero attached hydrogens (tertiary/aromatic N) is 3. The highest BCUT2D eigenvalue weighted by Crippen LogP contribution is 2.56. The zero-order valence-corrected chi connectivity index (χ0v) is 26.8. The molecule has 2 heterocycles. The number of hydrazine groups is 1. The van der Waals surface area contributed by atoms with E-state index < -0.39 is 53.2 Å². The van der Waals surface area contributed by atoms with Gasteiger partial charge in [-0.05, 0) is 84.2 Å². The third-order valence-electron chi connectivity index (χ3n) is 8.87. The zero-order chi connectivity index (χ0) is 32.7.